The van der Waals surface area contributed by atoms with Gasteiger partial charge in [-0.15, -0.1) is 0 Å². The van der Waals surface area contributed by atoms with E-state index in [4.69, 9.17) is 37.4 Å². The smallest absolute Gasteiger partial charge is 0.161 e. The first kappa shape index (κ1) is 16.8. The van der Waals surface area contributed by atoms with Crippen LogP contribution in [0.25, 0.3) is 0 Å². The van der Waals surface area contributed by atoms with Crippen LogP contribution >= 0.6 is 23.2 Å². The quantitative estimate of drug-likeness (QED) is 0.615. The lowest BCUT2D eigenvalue weighted by atomic mass is 10.3. The van der Waals surface area contributed by atoms with Gasteiger partial charge in [0.15, 0.2) is 11.5 Å². The lowest BCUT2D eigenvalue weighted by Crippen LogP contribution is -2.06. The Labute approximate surface area is 140 Å². The monoisotopic (exact) mass is 340 g/mol. The molecule has 5 heteroatoms. The Morgan fingerprint density at radius 1 is 0.818 bits per heavy atom. The summed E-state index contributed by atoms with van der Waals surface area (Å²) in [6.45, 7) is 3.58. The average molecular weight is 341 g/mol. The van der Waals surface area contributed by atoms with Crippen LogP contribution in [0.5, 0.6) is 17.2 Å². The minimum Gasteiger partial charge on any atom is -0.492 e. The highest BCUT2D eigenvalue weighted by Crippen LogP contribution is 2.28. The minimum absolute atomic E-state index is 0.497. The summed E-state index contributed by atoms with van der Waals surface area (Å²) in [5.74, 6) is 2.08. The van der Waals surface area contributed by atoms with Gasteiger partial charge in [0.1, 0.15) is 5.75 Å². The molecule has 0 aliphatic heterocycles. The lowest BCUT2D eigenvalue weighted by Gasteiger charge is -2.12. The topological polar surface area (TPSA) is 27.7 Å². The first-order valence-corrected chi connectivity index (χ1v) is 7.88. The number of hydrogen-bond acceptors (Lipinski definition) is 3. The van der Waals surface area contributed by atoms with E-state index >= 15 is 0 Å². The number of ether oxygens (including phenoxy) is 3. The van der Waals surface area contributed by atoms with E-state index in [1.54, 1.807) is 18.2 Å². The van der Waals surface area contributed by atoms with Crippen LogP contribution in [0.1, 0.15) is 13.3 Å². The lowest BCUT2D eigenvalue weighted by molar-refractivity contribution is 0.236. The number of halogens is 2. The second kappa shape index (κ2) is 8.76. The number of para-hydroxylation sites is 2. The summed E-state index contributed by atoms with van der Waals surface area (Å²) < 4.78 is 16.8. The molecule has 0 saturated heterocycles. The molecule has 0 radical (unpaired) electrons. The molecule has 0 aromatic heterocycles. The van der Waals surface area contributed by atoms with Crippen molar-refractivity contribution < 1.29 is 14.2 Å². The molecular formula is C17H18Cl2O3. The third kappa shape index (κ3) is 5.00. The van der Waals surface area contributed by atoms with Gasteiger partial charge in [0.2, 0.25) is 0 Å². The Morgan fingerprint density at radius 3 is 2.14 bits per heavy atom. The predicted octanol–water partition coefficient (Wildman–Crippen LogP) is 5.24. The predicted molar refractivity (Wildman–Crippen MR) is 89.7 cm³/mol. The van der Waals surface area contributed by atoms with E-state index in [1.807, 2.05) is 31.2 Å². The first-order valence-electron chi connectivity index (χ1n) is 7.13. The molecule has 0 heterocycles. The standard InChI is InChI=1S/C17H18Cl2O3/c1-2-20-15-6-3-4-7-16(15)21-10-5-11-22-17-12-13(18)8-9-14(17)19/h3-4,6-9,12H,2,5,10-11H2,1H3. The van der Waals surface area contributed by atoms with E-state index in [2.05, 4.69) is 0 Å². The summed E-state index contributed by atoms with van der Waals surface area (Å²) in [6.07, 6.45) is 0.725. The Hall–Kier alpha value is -1.58. The molecule has 2 rings (SSSR count). The van der Waals surface area contributed by atoms with E-state index in [-0.39, 0.29) is 0 Å². The van der Waals surface area contributed by atoms with E-state index in [0.717, 1.165) is 17.9 Å². The number of rotatable bonds is 8. The van der Waals surface area contributed by atoms with Gasteiger partial charge in [-0.3, -0.25) is 0 Å². The van der Waals surface area contributed by atoms with E-state index in [9.17, 15) is 0 Å². The molecule has 0 aliphatic carbocycles. The van der Waals surface area contributed by atoms with Gasteiger partial charge >= 0.3 is 0 Å². The van der Waals surface area contributed by atoms with Crippen LogP contribution in [-0.4, -0.2) is 19.8 Å². The second-order valence-electron chi connectivity index (χ2n) is 4.50. The normalized spacial score (nSPS) is 10.3. The van der Waals surface area contributed by atoms with Gasteiger partial charge in [0.05, 0.1) is 24.8 Å². The molecule has 22 heavy (non-hydrogen) atoms. The molecule has 118 valence electrons. The van der Waals surface area contributed by atoms with Crippen LogP contribution in [0.2, 0.25) is 10.0 Å². The molecule has 0 amide bonds. The fraction of sp³-hybridized carbons (Fsp3) is 0.294. The van der Waals surface area contributed by atoms with Gasteiger partial charge in [-0.2, -0.15) is 0 Å². The Morgan fingerprint density at radius 2 is 1.45 bits per heavy atom. The van der Waals surface area contributed by atoms with Crippen molar-refractivity contribution in [2.45, 2.75) is 13.3 Å². The summed E-state index contributed by atoms with van der Waals surface area (Å²) in [5.41, 5.74) is 0. The maximum Gasteiger partial charge on any atom is 0.161 e. The first-order chi connectivity index (χ1) is 10.7. The molecule has 0 saturated carbocycles. The number of hydrogen-bond donors (Lipinski definition) is 0. The van der Waals surface area contributed by atoms with E-state index in [0.29, 0.717) is 35.6 Å². The molecule has 0 aliphatic rings. The Balaban J connectivity index is 1.77. The molecule has 0 fully saturated rings. The van der Waals surface area contributed by atoms with Gasteiger partial charge < -0.3 is 14.2 Å². The van der Waals surface area contributed by atoms with Crippen molar-refractivity contribution >= 4 is 23.2 Å². The van der Waals surface area contributed by atoms with Gasteiger partial charge in [-0.25, -0.2) is 0 Å². The zero-order chi connectivity index (χ0) is 15.8. The number of benzene rings is 2. The summed E-state index contributed by atoms with van der Waals surface area (Å²) in [6, 6.07) is 12.8. The third-order valence-electron chi connectivity index (χ3n) is 2.85. The van der Waals surface area contributed by atoms with Crippen molar-refractivity contribution in [3.63, 3.8) is 0 Å². The van der Waals surface area contributed by atoms with Gasteiger partial charge in [-0.05, 0) is 31.2 Å². The molecule has 2 aromatic rings. The third-order valence-corrected chi connectivity index (χ3v) is 3.39. The van der Waals surface area contributed by atoms with Gasteiger partial charge in [-0.1, -0.05) is 35.3 Å². The van der Waals surface area contributed by atoms with Gasteiger partial charge in [0.25, 0.3) is 0 Å². The maximum atomic E-state index is 6.03. The SMILES string of the molecule is CCOc1ccccc1OCCCOc1cc(Cl)ccc1Cl. The van der Waals surface area contributed by atoms with Crippen LogP contribution in [0.3, 0.4) is 0 Å². The highest BCUT2D eigenvalue weighted by atomic mass is 35.5. The van der Waals surface area contributed by atoms with E-state index in [1.165, 1.54) is 0 Å². The average Bonchev–Trinajstić information content (AvgIpc) is 2.52. The van der Waals surface area contributed by atoms with Gasteiger partial charge in [0, 0.05) is 17.5 Å². The van der Waals surface area contributed by atoms with Crippen molar-refractivity contribution in [2.75, 3.05) is 19.8 Å². The minimum atomic E-state index is 0.497. The van der Waals surface area contributed by atoms with Crippen molar-refractivity contribution in [1.29, 1.82) is 0 Å². The van der Waals surface area contributed by atoms with Crippen molar-refractivity contribution in [3.8, 4) is 17.2 Å². The maximum absolute atomic E-state index is 6.03. The molecule has 3 nitrogen and oxygen atoms in total. The molecule has 0 N–H and O–H groups in total. The summed E-state index contributed by atoms with van der Waals surface area (Å²) >= 11 is 11.9. The van der Waals surface area contributed by atoms with Crippen LogP contribution < -0.4 is 14.2 Å². The van der Waals surface area contributed by atoms with Crippen molar-refractivity contribution in [2.24, 2.45) is 0 Å². The highest BCUT2D eigenvalue weighted by Gasteiger charge is 2.04. The summed E-state index contributed by atoms with van der Waals surface area (Å²) in [4.78, 5) is 0. The summed E-state index contributed by atoms with van der Waals surface area (Å²) in [7, 11) is 0. The summed E-state index contributed by atoms with van der Waals surface area (Å²) in [5, 5.41) is 1.15. The molecule has 0 bridgehead atoms. The fourth-order valence-electron chi connectivity index (χ4n) is 1.86. The van der Waals surface area contributed by atoms with Crippen molar-refractivity contribution in [1.82, 2.24) is 0 Å². The molecule has 2 aromatic carbocycles. The molecule has 0 unspecified atom stereocenters. The van der Waals surface area contributed by atoms with Crippen LogP contribution in [0.4, 0.5) is 0 Å². The van der Waals surface area contributed by atoms with Crippen LogP contribution in [-0.2, 0) is 0 Å². The second-order valence-corrected chi connectivity index (χ2v) is 5.35. The molecule has 0 atom stereocenters. The van der Waals surface area contributed by atoms with Crippen LogP contribution in [0, 0.1) is 0 Å². The zero-order valence-electron chi connectivity index (χ0n) is 12.4. The highest BCUT2D eigenvalue weighted by molar-refractivity contribution is 6.34. The largest absolute Gasteiger partial charge is 0.492 e. The van der Waals surface area contributed by atoms with E-state index < -0.39 is 0 Å². The fourth-order valence-corrected chi connectivity index (χ4v) is 2.19. The molecule has 0 spiro atoms. The van der Waals surface area contributed by atoms with Crippen LogP contribution in [0.15, 0.2) is 42.5 Å². The Bertz CT molecular complexity index is 602. The van der Waals surface area contributed by atoms with Crippen molar-refractivity contribution in [3.05, 3.63) is 52.5 Å². The Kier molecular flexibility index (Phi) is 6.69. The molecular weight excluding hydrogens is 323 g/mol. The zero-order valence-corrected chi connectivity index (χ0v) is 13.9.